The van der Waals surface area contributed by atoms with Crippen LogP contribution >= 0.6 is 0 Å². The van der Waals surface area contributed by atoms with Crippen LogP contribution in [0.2, 0.25) is 0 Å². The van der Waals surface area contributed by atoms with E-state index < -0.39 is 0 Å². The Morgan fingerprint density at radius 1 is 0.667 bits per heavy atom. The Labute approximate surface area is 139 Å². The molecule has 4 rings (SSSR count). The lowest BCUT2D eigenvalue weighted by Crippen LogP contribution is -1.90. The molecule has 3 nitrogen and oxygen atoms in total. The zero-order chi connectivity index (χ0) is 16.5. The molecule has 1 aromatic heterocycles. The number of phenolic OH excluding ortho intramolecular Hbond substituents is 2. The van der Waals surface area contributed by atoms with Gasteiger partial charge in [-0.05, 0) is 35.4 Å². The molecule has 0 unspecified atom stereocenters. The summed E-state index contributed by atoms with van der Waals surface area (Å²) in [5.74, 6) is 0.333. The van der Waals surface area contributed by atoms with Gasteiger partial charge in [0.05, 0.1) is 5.69 Å². The fourth-order valence-electron chi connectivity index (χ4n) is 2.90. The lowest BCUT2D eigenvalue weighted by atomic mass is 9.98. The largest absolute Gasteiger partial charge is 0.508 e. The Bertz CT molecular complexity index is 1030. The Kier molecular flexibility index (Phi) is 3.39. The highest BCUT2D eigenvalue weighted by Crippen LogP contribution is 2.35. The summed E-state index contributed by atoms with van der Waals surface area (Å²) < 4.78 is 0. The minimum atomic E-state index is 0.145. The average molecular weight is 313 g/mol. The first-order chi connectivity index (χ1) is 11.7. The Morgan fingerprint density at radius 2 is 1.42 bits per heavy atom. The summed E-state index contributed by atoms with van der Waals surface area (Å²) in [5.41, 5.74) is 4.11. The number of fused-ring (bicyclic) bond motifs is 1. The molecule has 0 spiro atoms. The first-order valence-corrected chi connectivity index (χ1v) is 7.70. The Morgan fingerprint density at radius 3 is 2.21 bits per heavy atom. The van der Waals surface area contributed by atoms with Crippen molar-refractivity contribution in [1.29, 1.82) is 0 Å². The highest BCUT2D eigenvalue weighted by Gasteiger charge is 2.12. The lowest BCUT2D eigenvalue weighted by Gasteiger charge is -2.11. The number of para-hydroxylation sites is 1. The predicted molar refractivity (Wildman–Crippen MR) is 95.9 cm³/mol. The third-order valence-electron chi connectivity index (χ3n) is 4.04. The van der Waals surface area contributed by atoms with Gasteiger partial charge in [0.25, 0.3) is 0 Å². The quantitative estimate of drug-likeness (QED) is 0.549. The van der Waals surface area contributed by atoms with Crippen molar-refractivity contribution in [3.8, 4) is 33.9 Å². The van der Waals surface area contributed by atoms with E-state index in [1.54, 1.807) is 24.3 Å². The van der Waals surface area contributed by atoms with Crippen molar-refractivity contribution in [3.63, 3.8) is 0 Å². The molecule has 0 aliphatic heterocycles. The van der Waals surface area contributed by atoms with E-state index >= 15 is 0 Å². The smallest absolute Gasteiger partial charge is 0.141 e. The number of nitrogens with zero attached hydrogens (tertiary/aromatic N) is 1. The second kappa shape index (κ2) is 5.70. The maximum Gasteiger partial charge on any atom is 0.141 e. The van der Waals surface area contributed by atoms with E-state index in [0.29, 0.717) is 11.2 Å². The lowest BCUT2D eigenvalue weighted by molar-refractivity contribution is 0.475. The van der Waals surface area contributed by atoms with Gasteiger partial charge in [0.2, 0.25) is 0 Å². The van der Waals surface area contributed by atoms with Crippen molar-refractivity contribution < 1.29 is 10.2 Å². The molecule has 116 valence electrons. The maximum absolute atomic E-state index is 10.3. The fraction of sp³-hybridized carbons (Fsp3) is 0. The van der Waals surface area contributed by atoms with Gasteiger partial charge in [0.1, 0.15) is 17.0 Å². The summed E-state index contributed by atoms with van der Waals surface area (Å²) in [7, 11) is 0. The Balaban J connectivity index is 2.05. The SMILES string of the molecule is Oc1cccc(-c2cc(-c3ccccc3)c3cccc(O)c3n2)c1. The summed E-state index contributed by atoms with van der Waals surface area (Å²) in [6.07, 6.45) is 0. The standard InChI is InChI=1S/C21H15NO2/c23-16-9-4-8-15(12-16)19-13-18(14-6-2-1-3-7-14)17-10-5-11-20(24)21(17)22-19/h1-13,23-24H. The van der Waals surface area contributed by atoms with Gasteiger partial charge < -0.3 is 10.2 Å². The number of hydrogen-bond donors (Lipinski definition) is 2. The van der Waals surface area contributed by atoms with Gasteiger partial charge in [-0.3, -0.25) is 0 Å². The van der Waals surface area contributed by atoms with Gasteiger partial charge in [0, 0.05) is 10.9 Å². The number of aromatic hydroxyl groups is 2. The molecule has 0 atom stereocenters. The van der Waals surface area contributed by atoms with Crippen molar-refractivity contribution in [1.82, 2.24) is 4.98 Å². The molecule has 0 radical (unpaired) electrons. The van der Waals surface area contributed by atoms with E-state index in [0.717, 1.165) is 22.1 Å². The van der Waals surface area contributed by atoms with Crippen LogP contribution in [0.4, 0.5) is 0 Å². The first kappa shape index (κ1) is 14.3. The number of benzene rings is 3. The van der Waals surface area contributed by atoms with Crippen molar-refractivity contribution in [3.05, 3.63) is 78.9 Å². The zero-order valence-corrected chi connectivity index (χ0v) is 12.8. The number of hydrogen-bond acceptors (Lipinski definition) is 3. The van der Waals surface area contributed by atoms with Crippen LogP contribution in [0, 0.1) is 0 Å². The summed E-state index contributed by atoms with van der Waals surface area (Å²) in [4.78, 5) is 4.61. The van der Waals surface area contributed by atoms with Crippen molar-refractivity contribution in [2.24, 2.45) is 0 Å². The monoisotopic (exact) mass is 313 g/mol. The van der Waals surface area contributed by atoms with Gasteiger partial charge >= 0.3 is 0 Å². The molecule has 0 amide bonds. The fourth-order valence-corrected chi connectivity index (χ4v) is 2.90. The van der Waals surface area contributed by atoms with Crippen LogP contribution in [0.1, 0.15) is 0 Å². The minimum Gasteiger partial charge on any atom is -0.508 e. The second-order valence-electron chi connectivity index (χ2n) is 5.64. The summed E-state index contributed by atoms with van der Waals surface area (Å²) >= 11 is 0. The Hall–Kier alpha value is -3.33. The molecule has 3 heteroatoms. The van der Waals surface area contributed by atoms with E-state index in [9.17, 15) is 10.2 Å². The van der Waals surface area contributed by atoms with Crippen molar-refractivity contribution >= 4 is 10.9 Å². The topological polar surface area (TPSA) is 53.4 Å². The van der Waals surface area contributed by atoms with Crippen molar-refractivity contribution in [2.75, 3.05) is 0 Å². The van der Waals surface area contributed by atoms with E-state index in [2.05, 4.69) is 4.98 Å². The third-order valence-corrected chi connectivity index (χ3v) is 4.04. The van der Waals surface area contributed by atoms with Crippen LogP contribution in [0.5, 0.6) is 11.5 Å². The van der Waals surface area contributed by atoms with Crippen LogP contribution in [0.15, 0.2) is 78.9 Å². The normalized spacial score (nSPS) is 10.8. The van der Waals surface area contributed by atoms with Crippen LogP contribution in [-0.4, -0.2) is 15.2 Å². The van der Waals surface area contributed by atoms with Gasteiger partial charge in [-0.15, -0.1) is 0 Å². The molecular weight excluding hydrogens is 298 g/mol. The van der Waals surface area contributed by atoms with Crippen LogP contribution < -0.4 is 0 Å². The summed E-state index contributed by atoms with van der Waals surface area (Å²) in [5, 5.41) is 20.9. The van der Waals surface area contributed by atoms with E-state index in [4.69, 9.17) is 0 Å². The molecule has 0 aliphatic carbocycles. The van der Waals surface area contributed by atoms with Gasteiger partial charge in [-0.2, -0.15) is 0 Å². The molecule has 0 saturated heterocycles. The second-order valence-corrected chi connectivity index (χ2v) is 5.64. The van der Waals surface area contributed by atoms with Crippen LogP contribution in [-0.2, 0) is 0 Å². The molecule has 4 aromatic rings. The highest BCUT2D eigenvalue weighted by atomic mass is 16.3. The maximum atomic E-state index is 10.3. The zero-order valence-electron chi connectivity index (χ0n) is 12.8. The molecule has 1 heterocycles. The van der Waals surface area contributed by atoms with E-state index in [1.807, 2.05) is 54.6 Å². The van der Waals surface area contributed by atoms with Gasteiger partial charge in [0.15, 0.2) is 0 Å². The van der Waals surface area contributed by atoms with E-state index in [1.165, 1.54) is 0 Å². The number of phenols is 2. The molecule has 2 N–H and O–H groups in total. The van der Waals surface area contributed by atoms with Gasteiger partial charge in [-0.1, -0.05) is 54.6 Å². The molecule has 3 aromatic carbocycles. The highest BCUT2D eigenvalue weighted by molar-refractivity contribution is 5.99. The molecular formula is C21H15NO2. The molecule has 0 fully saturated rings. The van der Waals surface area contributed by atoms with Crippen molar-refractivity contribution in [2.45, 2.75) is 0 Å². The number of pyridine rings is 1. The summed E-state index contributed by atoms with van der Waals surface area (Å²) in [6.45, 7) is 0. The first-order valence-electron chi connectivity index (χ1n) is 7.70. The van der Waals surface area contributed by atoms with Crippen LogP contribution in [0.3, 0.4) is 0 Å². The predicted octanol–water partition coefficient (Wildman–Crippen LogP) is 4.98. The molecule has 24 heavy (non-hydrogen) atoms. The number of rotatable bonds is 2. The van der Waals surface area contributed by atoms with Gasteiger partial charge in [-0.25, -0.2) is 4.98 Å². The summed E-state index contributed by atoms with van der Waals surface area (Å²) in [6, 6.07) is 24.4. The number of aromatic nitrogens is 1. The molecule has 0 saturated carbocycles. The minimum absolute atomic E-state index is 0.145. The third kappa shape index (κ3) is 2.46. The average Bonchev–Trinajstić information content (AvgIpc) is 2.62. The van der Waals surface area contributed by atoms with E-state index in [-0.39, 0.29) is 11.5 Å². The van der Waals surface area contributed by atoms with Crippen LogP contribution in [0.25, 0.3) is 33.3 Å². The molecule has 0 bridgehead atoms. The molecule has 0 aliphatic rings.